The van der Waals surface area contributed by atoms with Crippen molar-refractivity contribution in [2.24, 2.45) is 5.92 Å². The number of ether oxygens (including phenoxy) is 2. The van der Waals surface area contributed by atoms with Gasteiger partial charge in [0.1, 0.15) is 10.7 Å². The van der Waals surface area contributed by atoms with Gasteiger partial charge in [0.25, 0.3) is 0 Å². The predicted molar refractivity (Wildman–Crippen MR) is 106 cm³/mol. The molecule has 0 aliphatic carbocycles. The Morgan fingerprint density at radius 3 is 2.64 bits per heavy atom. The molecule has 1 aromatic rings. The highest BCUT2D eigenvalue weighted by Crippen LogP contribution is 2.41. The quantitative estimate of drug-likeness (QED) is 0.518. The first-order valence-electron chi connectivity index (χ1n) is 9.13. The second-order valence-electron chi connectivity index (χ2n) is 7.03. The van der Waals surface area contributed by atoms with E-state index in [2.05, 4.69) is 44.7 Å². The Kier molecular flexibility index (Phi) is 6.82. The highest BCUT2D eigenvalue weighted by molar-refractivity contribution is 7.80. The van der Waals surface area contributed by atoms with Gasteiger partial charge in [-0.15, -0.1) is 0 Å². The number of thiocarbonyl (C=S) groups is 1. The summed E-state index contributed by atoms with van der Waals surface area (Å²) in [6.45, 7) is 11.5. The highest BCUT2D eigenvalue weighted by Gasteiger charge is 2.34. The minimum Gasteiger partial charge on any atom is -0.481 e. The fourth-order valence-corrected chi connectivity index (χ4v) is 3.56. The Labute approximate surface area is 156 Å². The summed E-state index contributed by atoms with van der Waals surface area (Å²) in [5, 5.41) is 0. The number of esters is 1. The van der Waals surface area contributed by atoms with E-state index in [4.69, 9.17) is 21.7 Å². The van der Waals surface area contributed by atoms with Gasteiger partial charge in [-0.25, -0.2) is 0 Å². The third-order valence-corrected chi connectivity index (χ3v) is 4.82. The molecule has 0 radical (unpaired) electrons. The molecular formula is C20H29NO3S. The van der Waals surface area contributed by atoms with E-state index in [1.165, 1.54) is 5.56 Å². The van der Waals surface area contributed by atoms with Crippen LogP contribution in [0.5, 0.6) is 5.75 Å². The highest BCUT2D eigenvalue weighted by atomic mass is 32.1. The monoisotopic (exact) mass is 363 g/mol. The van der Waals surface area contributed by atoms with Crippen molar-refractivity contribution in [1.82, 2.24) is 0 Å². The van der Waals surface area contributed by atoms with Crippen molar-refractivity contribution in [3.8, 4) is 5.75 Å². The first-order chi connectivity index (χ1) is 11.9. The van der Waals surface area contributed by atoms with Crippen LogP contribution in [0, 0.1) is 5.92 Å². The lowest BCUT2D eigenvalue weighted by Gasteiger charge is -2.39. The van der Waals surface area contributed by atoms with Crippen LogP contribution in [0.25, 0.3) is 0 Å². The minimum absolute atomic E-state index is 0.120. The summed E-state index contributed by atoms with van der Waals surface area (Å²) in [4.78, 5) is 14.6. The van der Waals surface area contributed by atoms with E-state index in [9.17, 15) is 4.79 Å². The van der Waals surface area contributed by atoms with Gasteiger partial charge in [0.15, 0.2) is 6.10 Å². The molecule has 5 heteroatoms. The molecule has 0 spiro atoms. The Balaban J connectivity index is 2.27. The largest absolute Gasteiger partial charge is 0.481 e. The van der Waals surface area contributed by atoms with Gasteiger partial charge in [-0.1, -0.05) is 52.0 Å². The fraction of sp³-hybridized carbons (Fsp3) is 0.600. The molecule has 0 amide bonds. The number of carbonyl (C=O) groups excluding carboxylic acids is 1. The van der Waals surface area contributed by atoms with Crippen molar-refractivity contribution >= 4 is 28.9 Å². The molecular weight excluding hydrogens is 334 g/mol. The number of hydrogen-bond acceptors (Lipinski definition) is 4. The number of hydrogen-bond donors (Lipinski definition) is 0. The first-order valence-corrected chi connectivity index (χ1v) is 9.54. The third-order valence-electron chi connectivity index (χ3n) is 4.37. The van der Waals surface area contributed by atoms with E-state index in [-0.39, 0.29) is 18.0 Å². The fourth-order valence-electron chi connectivity index (χ4n) is 3.05. The van der Waals surface area contributed by atoms with Gasteiger partial charge in [-0.05, 0) is 36.8 Å². The maximum atomic E-state index is 11.6. The van der Waals surface area contributed by atoms with Crippen LogP contribution in [-0.4, -0.2) is 30.2 Å². The van der Waals surface area contributed by atoms with Gasteiger partial charge in [0.2, 0.25) is 0 Å². The van der Waals surface area contributed by atoms with Crippen LogP contribution < -0.4 is 9.64 Å². The zero-order valence-corrected chi connectivity index (χ0v) is 16.7. The molecule has 0 fully saturated rings. The molecule has 0 saturated carbocycles. The number of fused-ring (bicyclic) bond motifs is 1. The first kappa shape index (κ1) is 19.7. The lowest BCUT2D eigenvalue weighted by Crippen LogP contribution is -2.48. The normalized spacial score (nSPS) is 16.8. The van der Waals surface area contributed by atoms with Crippen LogP contribution in [0.4, 0.5) is 5.69 Å². The van der Waals surface area contributed by atoms with Crippen LogP contribution in [0.3, 0.4) is 0 Å². The zero-order chi connectivity index (χ0) is 18.6. The molecule has 0 aromatic heterocycles. The van der Waals surface area contributed by atoms with E-state index >= 15 is 0 Å². The van der Waals surface area contributed by atoms with Gasteiger partial charge in [0.05, 0.1) is 12.3 Å². The summed E-state index contributed by atoms with van der Waals surface area (Å²) in [6, 6.07) is 6.22. The Hall–Kier alpha value is -1.62. The number of carbonyl (C=O) groups is 1. The minimum atomic E-state index is -0.154. The van der Waals surface area contributed by atoms with E-state index in [0.717, 1.165) is 16.4 Å². The van der Waals surface area contributed by atoms with Gasteiger partial charge < -0.3 is 14.4 Å². The standard InChI is InChI=1S/C20H29NO3S/c1-6-23-17(22)11-8-12-21-16-10-7-9-15(13(2)3)19(16)24-18(14(4)5)20(21)25/h7,9-10,13-14,18H,6,8,11-12H2,1-5H3. The van der Waals surface area contributed by atoms with Gasteiger partial charge in [-0.2, -0.15) is 0 Å². The van der Waals surface area contributed by atoms with Crippen molar-refractivity contribution in [2.45, 2.75) is 59.5 Å². The average Bonchev–Trinajstić information content (AvgIpc) is 2.55. The van der Waals surface area contributed by atoms with Crippen molar-refractivity contribution in [3.63, 3.8) is 0 Å². The molecule has 0 bridgehead atoms. The second-order valence-corrected chi connectivity index (χ2v) is 7.45. The van der Waals surface area contributed by atoms with Crippen LogP contribution in [-0.2, 0) is 9.53 Å². The average molecular weight is 364 g/mol. The number of rotatable bonds is 7. The Morgan fingerprint density at radius 2 is 2.04 bits per heavy atom. The van der Waals surface area contributed by atoms with Crippen molar-refractivity contribution in [3.05, 3.63) is 23.8 Å². The number of nitrogens with zero attached hydrogens (tertiary/aromatic N) is 1. The van der Waals surface area contributed by atoms with Crippen molar-refractivity contribution in [2.75, 3.05) is 18.1 Å². The molecule has 1 unspecified atom stereocenters. The topological polar surface area (TPSA) is 38.8 Å². The molecule has 1 aliphatic rings. The van der Waals surface area contributed by atoms with E-state index in [1.807, 2.05) is 13.0 Å². The van der Waals surface area contributed by atoms with E-state index in [1.54, 1.807) is 0 Å². The van der Waals surface area contributed by atoms with Gasteiger partial charge in [-0.3, -0.25) is 4.79 Å². The molecule has 1 heterocycles. The summed E-state index contributed by atoms with van der Waals surface area (Å²) in [7, 11) is 0. The van der Waals surface area contributed by atoms with Crippen LogP contribution in [0.2, 0.25) is 0 Å². The second kappa shape index (κ2) is 8.65. The van der Waals surface area contributed by atoms with Crippen LogP contribution >= 0.6 is 12.2 Å². The smallest absolute Gasteiger partial charge is 0.305 e. The number of para-hydroxylation sites is 1. The Bertz CT molecular complexity index is 627. The SMILES string of the molecule is CCOC(=O)CCCN1C(=S)C(C(C)C)Oc2c(C(C)C)cccc21. The van der Waals surface area contributed by atoms with Gasteiger partial charge in [0, 0.05) is 13.0 Å². The summed E-state index contributed by atoms with van der Waals surface area (Å²) >= 11 is 5.72. The van der Waals surface area contributed by atoms with Crippen molar-refractivity contribution in [1.29, 1.82) is 0 Å². The molecule has 2 rings (SSSR count). The molecule has 0 N–H and O–H groups in total. The van der Waals surface area contributed by atoms with E-state index in [0.29, 0.717) is 31.9 Å². The third kappa shape index (κ3) is 4.51. The molecule has 1 atom stereocenters. The molecule has 1 aliphatic heterocycles. The van der Waals surface area contributed by atoms with Gasteiger partial charge >= 0.3 is 5.97 Å². The van der Waals surface area contributed by atoms with E-state index < -0.39 is 0 Å². The maximum Gasteiger partial charge on any atom is 0.305 e. The molecule has 25 heavy (non-hydrogen) atoms. The van der Waals surface area contributed by atoms with Crippen molar-refractivity contribution < 1.29 is 14.3 Å². The lowest BCUT2D eigenvalue weighted by atomic mass is 9.97. The predicted octanol–water partition coefficient (Wildman–Crippen LogP) is 4.70. The number of anilines is 1. The summed E-state index contributed by atoms with van der Waals surface area (Å²) < 4.78 is 11.3. The number of benzene rings is 1. The molecule has 4 nitrogen and oxygen atoms in total. The molecule has 0 saturated heterocycles. The summed E-state index contributed by atoms with van der Waals surface area (Å²) in [5.74, 6) is 1.43. The Morgan fingerprint density at radius 1 is 1.32 bits per heavy atom. The molecule has 138 valence electrons. The van der Waals surface area contributed by atoms with Crippen LogP contribution in [0.15, 0.2) is 18.2 Å². The maximum absolute atomic E-state index is 11.6. The lowest BCUT2D eigenvalue weighted by molar-refractivity contribution is -0.143. The summed E-state index contributed by atoms with van der Waals surface area (Å²) in [6.07, 6.45) is 0.985. The summed E-state index contributed by atoms with van der Waals surface area (Å²) in [5.41, 5.74) is 2.21. The van der Waals surface area contributed by atoms with Crippen LogP contribution in [0.1, 0.15) is 58.9 Å². The molecule has 1 aromatic carbocycles. The zero-order valence-electron chi connectivity index (χ0n) is 15.9.